The summed E-state index contributed by atoms with van der Waals surface area (Å²) in [7, 11) is 3.19. The summed E-state index contributed by atoms with van der Waals surface area (Å²) in [6.07, 6.45) is 3.03. The molecule has 6 nitrogen and oxygen atoms in total. The minimum Gasteiger partial charge on any atom is -0.492 e. The van der Waals surface area contributed by atoms with Gasteiger partial charge in [-0.25, -0.2) is 4.98 Å². The van der Waals surface area contributed by atoms with Crippen molar-refractivity contribution in [3.8, 4) is 5.75 Å². The molecule has 0 aliphatic carbocycles. The number of benzene rings is 1. The van der Waals surface area contributed by atoms with Crippen molar-refractivity contribution in [1.82, 2.24) is 9.55 Å². The number of ether oxygens (including phenoxy) is 3. The predicted molar refractivity (Wildman–Crippen MR) is 75.3 cm³/mol. The predicted octanol–water partition coefficient (Wildman–Crippen LogP) is 1.84. The zero-order valence-electron chi connectivity index (χ0n) is 11.7. The fourth-order valence-electron chi connectivity index (χ4n) is 1.88. The van der Waals surface area contributed by atoms with Crippen molar-refractivity contribution in [2.75, 3.05) is 26.6 Å². The Morgan fingerprint density at radius 1 is 1.20 bits per heavy atom. The number of imidazole rings is 1. The van der Waals surface area contributed by atoms with Gasteiger partial charge in [0.1, 0.15) is 12.4 Å². The highest BCUT2D eigenvalue weighted by atomic mass is 16.7. The second kappa shape index (κ2) is 6.93. The summed E-state index contributed by atoms with van der Waals surface area (Å²) in [5.41, 5.74) is 7.20. The van der Waals surface area contributed by atoms with E-state index in [0.29, 0.717) is 13.2 Å². The van der Waals surface area contributed by atoms with Crippen molar-refractivity contribution in [3.05, 3.63) is 42.5 Å². The van der Waals surface area contributed by atoms with E-state index in [1.807, 2.05) is 28.8 Å². The number of nitrogens with two attached hydrogens (primary N) is 1. The van der Waals surface area contributed by atoms with Crippen molar-refractivity contribution < 1.29 is 14.2 Å². The Balaban J connectivity index is 1.91. The second-order valence-electron chi connectivity index (χ2n) is 4.23. The van der Waals surface area contributed by atoms with Gasteiger partial charge < -0.3 is 24.5 Å². The molecule has 0 aliphatic rings. The van der Waals surface area contributed by atoms with Gasteiger partial charge >= 0.3 is 0 Å². The van der Waals surface area contributed by atoms with Crippen LogP contribution < -0.4 is 10.5 Å². The van der Waals surface area contributed by atoms with E-state index in [0.717, 1.165) is 17.1 Å². The van der Waals surface area contributed by atoms with E-state index < -0.39 is 6.29 Å². The minimum absolute atomic E-state index is 0.422. The number of anilines is 1. The average Bonchev–Trinajstić information content (AvgIpc) is 2.91. The van der Waals surface area contributed by atoms with E-state index in [9.17, 15) is 0 Å². The van der Waals surface area contributed by atoms with Crippen LogP contribution in [0, 0.1) is 0 Å². The fraction of sp³-hybridized carbons (Fsp3) is 0.357. The van der Waals surface area contributed by atoms with Gasteiger partial charge in [-0.2, -0.15) is 0 Å². The number of aromatic nitrogens is 2. The molecule has 1 heterocycles. The fourth-order valence-corrected chi connectivity index (χ4v) is 1.88. The topological polar surface area (TPSA) is 71.5 Å². The lowest BCUT2D eigenvalue weighted by Gasteiger charge is -2.16. The highest BCUT2D eigenvalue weighted by molar-refractivity contribution is 5.41. The molecule has 2 rings (SSSR count). The van der Waals surface area contributed by atoms with Crippen molar-refractivity contribution in [1.29, 1.82) is 0 Å². The molecule has 0 aliphatic heterocycles. The van der Waals surface area contributed by atoms with E-state index in [1.54, 1.807) is 26.7 Å². The Morgan fingerprint density at radius 2 is 1.90 bits per heavy atom. The molecule has 0 saturated heterocycles. The van der Waals surface area contributed by atoms with Crippen LogP contribution in [0.1, 0.15) is 12.0 Å². The Hall–Kier alpha value is -2.05. The van der Waals surface area contributed by atoms with Crippen molar-refractivity contribution >= 4 is 5.69 Å². The van der Waals surface area contributed by atoms with Crippen LogP contribution in [-0.2, 0) is 16.0 Å². The average molecular weight is 277 g/mol. The zero-order valence-corrected chi connectivity index (χ0v) is 11.7. The van der Waals surface area contributed by atoms with Crippen LogP contribution in [-0.4, -0.2) is 30.4 Å². The van der Waals surface area contributed by atoms with Gasteiger partial charge in [-0.3, -0.25) is 0 Å². The molecule has 0 atom stereocenters. The van der Waals surface area contributed by atoms with Gasteiger partial charge in [-0.05, 0) is 24.3 Å². The molecule has 0 amide bonds. The molecular weight excluding hydrogens is 258 g/mol. The SMILES string of the molecule is COC(OC)c1cncn1CCOc1ccc(N)cc1. The summed E-state index contributed by atoms with van der Waals surface area (Å²) in [5.74, 6) is 0.788. The molecule has 2 N–H and O–H groups in total. The van der Waals surface area contributed by atoms with Gasteiger partial charge in [0.25, 0.3) is 0 Å². The van der Waals surface area contributed by atoms with Crippen LogP contribution in [0.2, 0.25) is 0 Å². The highest BCUT2D eigenvalue weighted by Crippen LogP contribution is 2.17. The quantitative estimate of drug-likeness (QED) is 0.617. The Bertz CT molecular complexity index is 521. The summed E-state index contributed by atoms with van der Waals surface area (Å²) in [4.78, 5) is 4.11. The molecule has 0 saturated carbocycles. The first-order valence-electron chi connectivity index (χ1n) is 6.28. The molecule has 0 fully saturated rings. The summed E-state index contributed by atoms with van der Waals surface area (Å²) in [6.45, 7) is 1.18. The summed E-state index contributed by atoms with van der Waals surface area (Å²) in [5, 5.41) is 0. The maximum absolute atomic E-state index is 5.65. The lowest BCUT2D eigenvalue weighted by Crippen LogP contribution is -2.14. The third-order valence-electron chi connectivity index (χ3n) is 2.90. The van der Waals surface area contributed by atoms with Crippen LogP contribution >= 0.6 is 0 Å². The van der Waals surface area contributed by atoms with E-state index in [1.165, 1.54) is 0 Å². The Morgan fingerprint density at radius 3 is 2.55 bits per heavy atom. The monoisotopic (exact) mass is 277 g/mol. The van der Waals surface area contributed by atoms with Crippen molar-refractivity contribution in [2.45, 2.75) is 12.8 Å². The van der Waals surface area contributed by atoms with E-state index in [4.69, 9.17) is 19.9 Å². The first kappa shape index (κ1) is 14.4. The maximum atomic E-state index is 5.65. The lowest BCUT2D eigenvalue weighted by atomic mass is 10.3. The van der Waals surface area contributed by atoms with Gasteiger partial charge in [0, 0.05) is 19.9 Å². The molecule has 0 radical (unpaired) electrons. The molecule has 0 unspecified atom stereocenters. The summed E-state index contributed by atoms with van der Waals surface area (Å²) in [6, 6.07) is 7.31. The largest absolute Gasteiger partial charge is 0.492 e. The maximum Gasteiger partial charge on any atom is 0.200 e. The van der Waals surface area contributed by atoms with Gasteiger partial charge in [0.15, 0.2) is 6.29 Å². The number of nitrogen functional groups attached to an aromatic ring is 1. The van der Waals surface area contributed by atoms with Crippen molar-refractivity contribution in [2.24, 2.45) is 0 Å². The zero-order chi connectivity index (χ0) is 14.4. The first-order chi connectivity index (χ1) is 9.74. The third-order valence-corrected chi connectivity index (χ3v) is 2.90. The smallest absolute Gasteiger partial charge is 0.200 e. The highest BCUT2D eigenvalue weighted by Gasteiger charge is 2.14. The van der Waals surface area contributed by atoms with Gasteiger partial charge in [-0.1, -0.05) is 0 Å². The van der Waals surface area contributed by atoms with Crippen molar-refractivity contribution in [3.63, 3.8) is 0 Å². The molecule has 108 valence electrons. The van der Waals surface area contributed by atoms with E-state index in [2.05, 4.69) is 4.98 Å². The minimum atomic E-state index is -0.422. The number of nitrogens with zero attached hydrogens (tertiary/aromatic N) is 2. The Labute approximate surface area is 118 Å². The molecule has 0 bridgehead atoms. The second-order valence-corrected chi connectivity index (χ2v) is 4.23. The third kappa shape index (κ3) is 3.49. The molecule has 20 heavy (non-hydrogen) atoms. The van der Waals surface area contributed by atoms with Crippen LogP contribution in [0.4, 0.5) is 5.69 Å². The van der Waals surface area contributed by atoms with Crippen LogP contribution in [0.15, 0.2) is 36.8 Å². The molecule has 2 aromatic rings. The van der Waals surface area contributed by atoms with Gasteiger partial charge in [-0.15, -0.1) is 0 Å². The molecule has 1 aromatic carbocycles. The lowest BCUT2D eigenvalue weighted by molar-refractivity contribution is -0.110. The summed E-state index contributed by atoms with van der Waals surface area (Å²) < 4.78 is 18.0. The number of hydrogen-bond acceptors (Lipinski definition) is 5. The van der Waals surface area contributed by atoms with Crippen LogP contribution in [0.25, 0.3) is 0 Å². The molecular formula is C14H19N3O3. The molecule has 0 spiro atoms. The van der Waals surface area contributed by atoms with Gasteiger partial charge in [0.2, 0.25) is 0 Å². The standard InChI is InChI=1S/C14H19N3O3/c1-18-14(19-2)13-9-16-10-17(13)7-8-20-12-5-3-11(15)4-6-12/h3-6,9-10,14H,7-8,15H2,1-2H3. The molecule has 6 heteroatoms. The van der Waals surface area contributed by atoms with Crippen LogP contribution in [0.5, 0.6) is 5.75 Å². The van der Waals surface area contributed by atoms with E-state index >= 15 is 0 Å². The van der Waals surface area contributed by atoms with Crippen LogP contribution in [0.3, 0.4) is 0 Å². The first-order valence-corrected chi connectivity index (χ1v) is 6.28. The number of methoxy groups -OCH3 is 2. The normalized spacial score (nSPS) is 10.9. The van der Waals surface area contributed by atoms with E-state index in [-0.39, 0.29) is 0 Å². The number of rotatable bonds is 7. The van der Waals surface area contributed by atoms with Gasteiger partial charge in [0.05, 0.1) is 24.8 Å². The number of hydrogen-bond donors (Lipinski definition) is 1. The Kier molecular flexibility index (Phi) is 4.97. The molecule has 1 aromatic heterocycles. The summed E-state index contributed by atoms with van der Waals surface area (Å²) >= 11 is 0.